The van der Waals surface area contributed by atoms with Gasteiger partial charge in [-0.3, -0.25) is 9.89 Å². The van der Waals surface area contributed by atoms with E-state index in [-0.39, 0.29) is 17.5 Å². The third kappa shape index (κ3) is 7.52. The number of rotatable bonds is 12. The van der Waals surface area contributed by atoms with Crippen molar-refractivity contribution in [2.45, 2.75) is 32.0 Å². The van der Waals surface area contributed by atoms with E-state index < -0.39 is 0 Å². The number of nitrogens with zero attached hydrogens (tertiary/aromatic N) is 2. The van der Waals surface area contributed by atoms with Crippen molar-refractivity contribution < 1.29 is 19.7 Å². The van der Waals surface area contributed by atoms with Crippen LogP contribution in [0, 0.1) is 0 Å². The predicted octanol–water partition coefficient (Wildman–Crippen LogP) is 9.77. The second-order valence-electron chi connectivity index (χ2n) is 12.8. The minimum atomic E-state index is 0.170. The van der Waals surface area contributed by atoms with E-state index in [1.54, 1.807) is 13.3 Å². The van der Waals surface area contributed by atoms with Crippen LogP contribution in [0.3, 0.4) is 0 Å². The molecule has 0 aromatic heterocycles. The van der Waals surface area contributed by atoms with Crippen LogP contribution in [0.25, 0.3) is 33.4 Å². The van der Waals surface area contributed by atoms with Crippen molar-refractivity contribution in [3.63, 3.8) is 0 Å². The molecule has 1 aliphatic rings. The molecule has 0 saturated carbocycles. The maximum Gasteiger partial charge on any atom is 0.132 e. The van der Waals surface area contributed by atoms with Crippen LogP contribution >= 0.6 is 0 Å². The number of phenols is 2. The Morgan fingerprint density at radius 1 is 0.647 bits per heavy atom. The lowest BCUT2D eigenvalue weighted by molar-refractivity contribution is 0.247. The molecule has 0 radical (unpaired) electrons. The fourth-order valence-corrected chi connectivity index (χ4v) is 7.00. The zero-order chi connectivity index (χ0) is 35.0. The van der Waals surface area contributed by atoms with Crippen molar-refractivity contribution >= 4 is 6.21 Å². The molecule has 0 amide bonds. The van der Waals surface area contributed by atoms with Crippen LogP contribution in [0.15, 0.2) is 145 Å². The van der Waals surface area contributed by atoms with Crippen molar-refractivity contribution in [1.29, 1.82) is 0 Å². The molecular weight excluding hydrogens is 633 g/mol. The number of aliphatic imine (C=N–C) groups is 1. The summed E-state index contributed by atoms with van der Waals surface area (Å²) in [5, 5.41) is 22.8. The lowest BCUT2D eigenvalue weighted by Gasteiger charge is -2.24. The molecule has 2 N–H and O–H groups in total. The van der Waals surface area contributed by atoms with Crippen molar-refractivity contribution in [1.82, 2.24) is 4.90 Å². The van der Waals surface area contributed by atoms with Gasteiger partial charge in [-0.15, -0.1) is 0 Å². The molecular formula is C45H42N2O4. The molecule has 7 rings (SSSR count). The Balaban J connectivity index is 1.05. The number of ether oxygens (including phenoxy) is 2. The Hall–Kier alpha value is -5.85. The van der Waals surface area contributed by atoms with Gasteiger partial charge in [-0.2, -0.15) is 0 Å². The van der Waals surface area contributed by atoms with Gasteiger partial charge in [0.15, 0.2) is 0 Å². The highest BCUT2D eigenvalue weighted by Gasteiger charge is 2.25. The monoisotopic (exact) mass is 674 g/mol. The van der Waals surface area contributed by atoms with Crippen LogP contribution in [-0.4, -0.2) is 47.6 Å². The Labute approximate surface area is 299 Å². The van der Waals surface area contributed by atoms with Gasteiger partial charge in [0.05, 0.1) is 13.7 Å². The maximum atomic E-state index is 11.5. The first-order valence-corrected chi connectivity index (χ1v) is 17.5. The quantitative estimate of drug-likeness (QED) is 0.127. The summed E-state index contributed by atoms with van der Waals surface area (Å²) in [7, 11) is 1.65. The van der Waals surface area contributed by atoms with Gasteiger partial charge in [-0.25, -0.2) is 0 Å². The second kappa shape index (κ2) is 15.8. The molecule has 256 valence electrons. The van der Waals surface area contributed by atoms with Crippen LogP contribution in [0.4, 0.5) is 0 Å². The Morgan fingerprint density at radius 2 is 1.25 bits per heavy atom. The third-order valence-electron chi connectivity index (χ3n) is 9.67. The number of hydrogen-bond donors (Lipinski definition) is 2. The van der Waals surface area contributed by atoms with Crippen molar-refractivity contribution in [2.75, 3.05) is 20.2 Å². The fraction of sp³-hybridized carbons (Fsp3) is 0.178. The summed E-state index contributed by atoms with van der Waals surface area (Å²) in [5.74, 6) is 1.88. The largest absolute Gasteiger partial charge is 0.507 e. The topological polar surface area (TPSA) is 74.5 Å². The first-order valence-electron chi connectivity index (χ1n) is 17.5. The van der Waals surface area contributed by atoms with E-state index in [9.17, 15) is 10.2 Å². The average Bonchev–Trinajstić information content (AvgIpc) is 3.62. The lowest BCUT2D eigenvalue weighted by Crippen LogP contribution is -2.31. The second-order valence-corrected chi connectivity index (χ2v) is 12.8. The number of hydrogen-bond acceptors (Lipinski definition) is 6. The molecule has 6 nitrogen and oxygen atoms in total. The molecule has 6 heteroatoms. The van der Waals surface area contributed by atoms with E-state index in [0.717, 1.165) is 64.1 Å². The zero-order valence-corrected chi connectivity index (χ0v) is 28.8. The highest BCUT2D eigenvalue weighted by molar-refractivity contribution is 5.89. The molecule has 51 heavy (non-hydrogen) atoms. The first-order chi connectivity index (χ1) is 25.1. The fourth-order valence-electron chi connectivity index (χ4n) is 7.00. The molecule has 0 unspecified atom stereocenters. The standard InChI is InChI=1S/C45H42N2O4/c1-50-42-25-9-7-21-38(42)40-24-12-18-34(45(40)49)30-47-27-13-19-36(47)29-46-28-33-17-11-23-41(44(33)48)39-22-8-10-26-43(39)51-31-35-16-5-6-20-37(35)32-14-3-2-4-15-32/h2-12,14-18,20-26,28,36,48-49H,13,19,27,29-31H2,1H3/b46-28+/t36-/m0/s1. The molecule has 1 heterocycles. The van der Waals surface area contributed by atoms with E-state index in [4.69, 9.17) is 14.5 Å². The van der Waals surface area contributed by atoms with Gasteiger partial charge in [0, 0.05) is 52.2 Å². The van der Waals surface area contributed by atoms with Gasteiger partial charge in [0.2, 0.25) is 0 Å². The van der Waals surface area contributed by atoms with Gasteiger partial charge in [0.1, 0.15) is 29.6 Å². The lowest BCUT2D eigenvalue weighted by atomic mass is 9.99. The van der Waals surface area contributed by atoms with E-state index in [2.05, 4.69) is 29.2 Å². The smallest absolute Gasteiger partial charge is 0.132 e. The van der Waals surface area contributed by atoms with Gasteiger partial charge in [-0.05, 0) is 54.3 Å². The van der Waals surface area contributed by atoms with Crippen LogP contribution in [-0.2, 0) is 13.2 Å². The van der Waals surface area contributed by atoms with Crippen LogP contribution in [0.1, 0.15) is 29.5 Å². The number of likely N-dealkylation sites (tertiary alicyclic amines) is 1. The summed E-state index contributed by atoms with van der Waals surface area (Å²) in [6.45, 7) is 2.55. The highest BCUT2D eigenvalue weighted by Crippen LogP contribution is 2.40. The SMILES string of the molecule is COc1ccccc1-c1cccc(CN2CCC[C@H]2C/N=C/c2cccc(-c3ccccc3OCc3ccccc3-c3ccccc3)c2O)c1O. The minimum absolute atomic E-state index is 0.170. The summed E-state index contributed by atoms with van der Waals surface area (Å²) in [5.41, 5.74) is 8.04. The Bertz CT molecular complexity index is 2130. The molecule has 6 aromatic rings. The summed E-state index contributed by atoms with van der Waals surface area (Å²) in [6.07, 6.45) is 3.86. The molecule has 1 aliphatic heterocycles. The van der Waals surface area contributed by atoms with Crippen LogP contribution in [0.5, 0.6) is 23.0 Å². The molecule has 0 spiro atoms. The molecule has 1 saturated heterocycles. The summed E-state index contributed by atoms with van der Waals surface area (Å²) >= 11 is 0. The Kier molecular flexibility index (Phi) is 10.4. The van der Waals surface area contributed by atoms with Crippen molar-refractivity contribution in [2.24, 2.45) is 4.99 Å². The van der Waals surface area contributed by atoms with E-state index in [1.807, 2.05) is 115 Å². The highest BCUT2D eigenvalue weighted by atomic mass is 16.5. The van der Waals surface area contributed by atoms with Gasteiger partial charge < -0.3 is 19.7 Å². The van der Waals surface area contributed by atoms with Crippen LogP contribution < -0.4 is 9.47 Å². The van der Waals surface area contributed by atoms with Crippen molar-refractivity contribution in [3.05, 3.63) is 156 Å². The van der Waals surface area contributed by atoms with Gasteiger partial charge in [-0.1, -0.05) is 121 Å². The molecule has 0 bridgehead atoms. The van der Waals surface area contributed by atoms with E-state index >= 15 is 0 Å². The molecule has 1 fully saturated rings. The number of phenolic OH excluding ortho intramolecular Hbond substituents is 2. The summed E-state index contributed by atoms with van der Waals surface area (Å²) < 4.78 is 12.0. The number of para-hydroxylation sites is 4. The summed E-state index contributed by atoms with van der Waals surface area (Å²) in [6, 6.07) is 46.0. The third-order valence-corrected chi connectivity index (χ3v) is 9.67. The van der Waals surface area contributed by atoms with Gasteiger partial charge >= 0.3 is 0 Å². The first kappa shape index (κ1) is 33.6. The average molecular weight is 675 g/mol. The molecule has 0 aliphatic carbocycles. The normalized spacial score (nSPS) is 14.6. The van der Waals surface area contributed by atoms with Crippen LogP contribution in [0.2, 0.25) is 0 Å². The maximum absolute atomic E-state index is 11.5. The van der Waals surface area contributed by atoms with E-state index in [0.29, 0.717) is 36.6 Å². The Morgan fingerprint density at radius 3 is 2.04 bits per heavy atom. The zero-order valence-electron chi connectivity index (χ0n) is 28.8. The predicted molar refractivity (Wildman–Crippen MR) is 206 cm³/mol. The van der Waals surface area contributed by atoms with Crippen molar-refractivity contribution in [3.8, 4) is 56.4 Å². The molecule has 6 aromatic carbocycles. The van der Waals surface area contributed by atoms with E-state index in [1.165, 1.54) is 0 Å². The number of aromatic hydroxyl groups is 2. The number of methoxy groups -OCH3 is 1. The molecule has 1 atom stereocenters. The number of benzene rings is 6. The summed E-state index contributed by atoms with van der Waals surface area (Å²) in [4.78, 5) is 7.21. The minimum Gasteiger partial charge on any atom is -0.507 e. The van der Waals surface area contributed by atoms with Gasteiger partial charge in [0.25, 0.3) is 0 Å².